The number of carbonyl (C=O) groups is 3. The molecule has 3 heterocycles. The lowest BCUT2D eigenvalue weighted by molar-refractivity contribution is -0.198. The molecule has 1 aromatic carbocycles. The van der Waals surface area contributed by atoms with Gasteiger partial charge in [-0.25, -0.2) is 4.79 Å². The third-order valence-corrected chi connectivity index (χ3v) is 10.9. The van der Waals surface area contributed by atoms with Gasteiger partial charge in [0.05, 0.1) is 24.0 Å². The zero-order chi connectivity index (χ0) is 27.6. The fourth-order valence-corrected chi connectivity index (χ4v) is 9.39. The smallest absolute Gasteiger partial charge is 0.410 e. The Balaban J connectivity index is 1.01. The largest absolute Gasteiger partial charge is 0.490 e. The highest BCUT2D eigenvalue weighted by atomic mass is 16.6. The van der Waals surface area contributed by atoms with E-state index in [1.807, 2.05) is 17.0 Å². The maximum atomic E-state index is 13.7. The molecule has 1 aromatic rings. The van der Waals surface area contributed by atoms with E-state index >= 15 is 0 Å². The maximum Gasteiger partial charge on any atom is 0.410 e. The summed E-state index contributed by atoms with van der Waals surface area (Å²) in [5, 5.41) is 0. The molecular weight excluding hydrogens is 512 g/mol. The van der Waals surface area contributed by atoms with E-state index in [1.54, 1.807) is 0 Å². The minimum absolute atomic E-state index is 0.0318. The molecule has 7 atom stereocenters. The third kappa shape index (κ3) is 4.13. The van der Waals surface area contributed by atoms with Crippen molar-refractivity contribution in [3.05, 3.63) is 24.3 Å². The minimum Gasteiger partial charge on any atom is -0.490 e. The van der Waals surface area contributed by atoms with Crippen molar-refractivity contribution in [3.63, 3.8) is 0 Å². The number of amides is 3. The van der Waals surface area contributed by atoms with Crippen LogP contribution in [0.1, 0.15) is 57.8 Å². The molecule has 3 saturated heterocycles. The van der Waals surface area contributed by atoms with Crippen molar-refractivity contribution in [2.75, 3.05) is 31.2 Å². The summed E-state index contributed by atoms with van der Waals surface area (Å²) in [6.45, 7) is 3.29. The van der Waals surface area contributed by atoms with Gasteiger partial charge in [-0.05, 0) is 81.0 Å². The van der Waals surface area contributed by atoms with Crippen LogP contribution in [0.2, 0.25) is 0 Å². The summed E-state index contributed by atoms with van der Waals surface area (Å²) in [7, 11) is 0. The van der Waals surface area contributed by atoms with Crippen molar-refractivity contribution in [1.82, 2.24) is 4.90 Å². The Kier molecular flexibility index (Phi) is 6.18. The third-order valence-electron chi connectivity index (χ3n) is 10.9. The molecule has 8 rings (SSSR count). The number of hydrogen-bond acceptors (Lipinski definition) is 7. The van der Waals surface area contributed by atoms with Gasteiger partial charge in [-0.15, -0.1) is 0 Å². The Labute approximate surface area is 234 Å². The number of ether oxygens (including phenoxy) is 3. The number of nitrogens with zero attached hydrogens (tertiary/aromatic N) is 2. The average molecular weight is 553 g/mol. The number of hydrogen-bond donors (Lipinski definition) is 2. The van der Waals surface area contributed by atoms with Gasteiger partial charge in [0.1, 0.15) is 18.0 Å². The van der Waals surface area contributed by atoms with Crippen LogP contribution in [0, 0.1) is 22.7 Å². The normalized spacial score (nSPS) is 39.7. The molecule has 10 nitrogen and oxygen atoms in total. The van der Waals surface area contributed by atoms with Crippen molar-refractivity contribution in [2.24, 2.45) is 34.1 Å². The lowest BCUT2D eigenvalue weighted by Crippen LogP contribution is -2.68. The Bertz CT molecular complexity index is 1170. The van der Waals surface area contributed by atoms with E-state index in [4.69, 9.17) is 25.7 Å². The van der Waals surface area contributed by atoms with Gasteiger partial charge in [0.25, 0.3) is 0 Å². The van der Waals surface area contributed by atoms with Crippen LogP contribution in [-0.4, -0.2) is 73.4 Å². The van der Waals surface area contributed by atoms with E-state index in [9.17, 15) is 14.4 Å². The van der Waals surface area contributed by atoms with E-state index < -0.39 is 22.8 Å². The molecule has 3 amide bonds. The van der Waals surface area contributed by atoms with Gasteiger partial charge < -0.3 is 35.5 Å². The highest BCUT2D eigenvalue weighted by Crippen LogP contribution is 2.66. The zero-order valence-electron chi connectivity index (χ0n) is 23.0. The molecule has 10 heteroatoms. The lowest BCUT2D eigenvalue weighted by Gasteiger charge is -2.62. The molecule has 7 fully saturated rings. The Hall–Kier alpha value is -3.01. The van der Waals surface area contributed by atoms with E-state index in [0.717, 1.165) is 64.2 Å². The van der Waals surface area contributed by atoms with Crippen LogP contribution in [0.4, 0.5) is 10.5 Å². The number of anilines is 1. The van der Waals surface area contributed by atoms with Gasteiger partial charge in [0.2, 0.25) is 11.8 Å². The molecule has 7 unspecified atom stereocenters. The van der Waals surface area contributed by atoms with E-state index in [0.29, 0.717) is 25.7 Å². The zero-order valence-corrected chi connectivity index (χ0v) is 23.0. The molecule has 0 aromatic heterocycles. The maximum absolute atomic E-state index is 13.7. The number of carbonyl (C=O) groups excluding carboxylic acids is 3. The number of rotatable bonds is 6. The molecule has 4 aliphatic carbocycles. The Morgan fingerprint density at radius 2 is 1.60 bits per heavy atom. The molecule has 3 aliphatic heterocycles. The summed E-state index contributed by atoms with van der Waals surface area (Å²) in [5.74, 6) is 0.171. The van der Waals surface area contributed by atoms with Crippen LogP contribution >= 0.6 is 0 Å². The molecule has 6 bridgehead atoms. The van der Waals surface area contributed by atoms with Crippen LogP contribution in [0.5, 0.6) is 5.75 Å². The van der Waals surface area contributed by atoms with Crippen LogP contribution in [0.15, 0.2) is 24.3 Å². The van der Waals surface area contributed by atoms with Crippen molar-refractivity contribution in [2.45, 2.75) is 82.1 Å². The number of morpholine rings is 1. The molecular formula is C30H40N4O6. The summed E-state index contributed by atoms with van der Waals surface area (Å²) < 4.78 is 18.1. The lowest BCUT2D eigenvalue weighted by atomic mass is 9.42. The number of primary amides is 2. The average Bonchev–Trinajstić information content (AvgIpc) is 3.21. The molecule has 216 valence electrons. The molecule has 40 heavy (non-hydrogen) atoms. The quantitative estimate of drug-likeness (QED) is 0.553. The molecule has 4 N–H and O–H groups in total. The molecule has 7 aliphatic rings. The van der Waals surface area contributed by atoms with Gasteiger partial charge in [0, 0.05) is 43.7 Å². The number of piperidine rings is 1. The van der Waals surface area contributed by atoms with Crippen molar-refractivity contribution in [3.8, 4) is 5.75 Å². The number of benzene rings is 1. The molecule has 0 spiro atoms. The van der Waals surface area contributed by atoms with Gasteiger partial charge in [-0.1, -0.05) is 0 Å². The van der Waals surface area contributed by atoms with Crippen molar-refractivity contribution in [1.29, 1.82) is 0 Å². The van der Waals surface area contributed by atoms with Crippen molar-refractivity contribution >= 4 is 23.6 Å². The first-order valence-electron chi connectivity index (χ1n) is 14.9. The van der Waals surface area contributed by atoms with E-state index in [1.165, 1.54) is 5.69 Å². The fourth-order valence-electron chi connectivity index (χ4n) is 9.39. The topological polar surface area (TPSA) is 137 Å². The first kappa shape index (κ1) is 25.9. The summed E-state index contributed by atoms with van der Waals surface area (Å²) in [6.07, 6.45) is 5.39. The van der Waals surface area contributed by atoms with E-state index in [2.05, 4.69) is 17.0 Å². The summed E-state index contributed by atoms with van der Waals surface area (Å²) in [4.78, 5) is 43.3. The molecule has 4 saturated carbocycles. The number of nitrogens with two attached hydrogens (primary N) is 2. The standard InChI is InChI=1S/C30H40N4O6/c31-26(35)29-14-18-11-19(16-29)25(30(15-18,17-29)27(32)36)40-28(37)34-21-1-2-22(34)13-24(12-21)39-23-5-3-20(4-6-23)33-7-9-38-10-8-33/h3-6,18-19,21-22,24-25H,1-2,7-17H2,(H2,31,35)(H2,32,36). The molecule has 0 radical (unpaired) electrons. The predicted molar refractivity (Wildman–Crippen MR) is 145 cm³/mol. The van der Waals surface area contributed by atoms with Gasteiger partial charge in [-0.2, -0.15) is 0 Å². The second kappa shape index (κ2) is 9.53. The summed E-state index contributed by atoms with van der Waals surface area (Å²) in [6, 6.07) is 8.35. The Morgan fingerprint density at radius 1 is 0.900 bits per heavy atom. The highest BCUT2D eigenvalue weighted by molar-refractivity contribution is 5.87. The predicted octanol–water partition coefficient (Wildman–Crippen LogP) is 2.57. The van der Waals surface area contributed by atoms with E-state index in [-0.39, 0.29) is 42.0 Å². The van der Waals surface area contributed by atoms with Gasteiger partial charge in [0.15, 0.2) is 0 Å². The van der Waals surface area contributed by atoms with Crippen molar-refractivity contribution < 1.29 is 28.6 Å². The highest BCUT2D eigenvalue weighted by Gasteiger charge is 2.68. The monoisotopic (exact) mass is 552 g/mol. The second-order valence-electron chi connectivity index (χ2n) is 13.2. The van der Waals surface area contributed by atoms with Crippen LogP contribution < -0.4 is 21.1 Å². The van der Waals surface area contributed by atoms with Gasteiger partial charge >= 0.3 is 6.09 Å². The van der Waals surface area contributed by atoms with Crippen LogP contribution in [-0.2, 0) is 19.1 Å². The first-order chi connectivity index (χ1) is 19.3. The van der Waals surface area contributed by atoms with Crippen LogP contribution in [0.25, 0.3) is 0 Å². The SMILES string of the molecule is NC(=O)C12CC3CC(C1)C(OC(=O)N1C4CCC1CC(Oc1ccc(N5CCOCC5)cc1)C4)C(C(N)=O)(C3)C2. The van der Waals surface area contributed by atoms with Gasteiger partial charge in [-0.3, -0.25) is 9.59 Å². The first-order valence-corrected chi connectivity index (χ1v) is 14.9. The summed E-state index contributed by atoms with van der Waals surface area (Å²) in [5.41, 5.74) is 11.3. The summed E-state index contributed by atoms with van der Waals surface area (Å²) >= 11 is 0. The minimum atomic E-state index is -1.01. The number of fused-ring (bicyclic) bond motifs is 2. The fraction of sp³-hybridized carbons (Fsp3) is 0.700. The van der Waals surface area contributed by atoms with Crippen LogP contribution in [0.3, 0.4) is 0 Å². The Morgan fingerprint density at radius 3 is 2.25 bits per heavy atom. The second-order valence-corrected chi connectivity index (χ2v) is 13.2.